The predicted octanol–water partition coefficient (Wildman–Crippen LogP) is 2.48. The third-order valence-corrected chi connectivity index (χ3v) is 3.76. The predicted molar refractivity (Wildman–Crippen MR) is 77.4 cm³/mol. The van der Waals surface area contributed by atoms with Crippen LogP contribution in [0.1, 0.15) is 50.7 Å². The molecule has 0 aromatic carbocycles. The molecule has 0 saturated heterocycles. The van der Waals surface area contributed by atoms with Gasteiger partial charge in [-0.25, -0.2) is 9.97 Å². The quantitative estimate of drug-likeness (QED) is 0.879. The summed E-state index contributed by atoms with van der Waals surface area (Å²) in [7, 11) is 0. The highest BCUT2D eigenvalue weighted by atomic mass is 16.3. The normalized spacial score (nSPS) is 16.9. The number of hydrogen-bond acceptors (Lipinski definition) is 4. The van der Waals surface area contributed by atoms with Gasteiger partial charge >= 0.3 is 0 Å². The van der Waals surface area contributed by atoms with Gasteiger partial charge in [0, 0.05) is 17.8 Å². The molecule has 1 aliphatic carbocycles. The first-order valence-corrected chi connectivity index (χ1v) is 7.16. The molecule has 2 rings (SSSR count). The van der Waals surface area contributed by atoms with Gasteiger partial charge in [-0.2, -0.15) is 0 Å². The molecule has 0 bridgehead atoms. The second-order valence-electron chi connectivity index (χ2n) is 6.51. The van der Waals surface area contributed by atoms with E-state index in [1.807, 2.05) is 27.7 Å². The van der Waals surface area contributed by atoms with E-state index in [1.54, 1.807) is 0 Å². The number of rotatable bonds is 3. The number of nitrogens with one attached hydrogen (secondary N) is 1. The summed E-state index contributed by atoms with van der Waals surface area (Å²) in [6.45, 7) is 8.59. The van der Waals surface area contributed by atoms with Gasteiger partial charge in [0.15, 0.2) is 0 Å². The number of aromatic nitrogens is 2. The number of hydrogen-bond donors (Lipinski definition) is 2. The van der Waals surface area contributed by atoms with E-state index in [1.165, 1.54) is 24.1 Å². The summed E-state index contributed by atoms with van der Waals surface area (Å²) in [5.74, 6) is 1.74. The first kappa shape index (κ1) is 14.3. The van der Waals surface area contributed by atoms with Crippen molar-refractivity contribution in [3.05, 3.63) is 17.1 Å². The van der Waals surface area contributed by atoms with E-state index in [2.05, 4.69) is 15.3 Å². The Bertz CT molecular complexity index is 451. The van der Waals surface area contributed by atoms with Crippen LogP contribution < -0.4 is 5.32 Å². The molecule has 0 spiro atoms. The van der Waals surface area contributed by atoms with Crippen LogP contribution in [0.4, 0.5) is 5.82 Å². The van der Waals surface area contributed by atoms with Gasteiger partial charge in [-0.15, -0.1) is 0 Å². The smallest absolute Gasteiger partial charge is 0.133 e. The molecular formula is C15H25N3O. The number of anilines is 1. The molecular weight excluding hydrogens is 238 g/mol. The molecule has 1 aromatic rings. The Kier molecular flexibility index (Phi) is 4.09. The fourth-order valence-corrected chi connectivity index (χ4v) is 2.36. The molecule has 0 fully saturated rings. The van der Waals surface area contributed by atoms with Crippen LogP contribution in [0.5, 0.6) is 0 Å². The number of aliphatic hydroxyl groups is 1. The fraction of sp³-hybridized carbons (Fsp3) is 0.733. The second kappa shape index (κ2) is 5.45. The summed E-state index contributed by atoms with van der Waals surface area (Å²) in [6, 6.07) is 0. The molecule has 4 heteroatoms. The lowest BCUT2D eigenvalue weighted by Gasteiger charge is -2.27. The van der Waals surface area contributed by atoms with Crippen LogP contribution in [0.25, 0.3) is 0 Å². The maximum Gasteiger partial charge on any atom is 0.133 e. The van der Waals surface area contributed by atoms with Crippen molar-refractivity contribution in [2.45, 2.75) is 59.5 Å². The van der Waals surface area contributed by atoms with Gasteiger partial charge in [0.25, 0.3) is 0 Å². The minimum atomic E-state index is -0.387. The third-order valence-electron chi connectivity index (χ3n) is 3.76. The summed E-state index contributed by atoms with van der Waals surface area (Å²) in [6.07, 6.45) is 4.13. The summed E-state index contributed by atoms with van der Waals surface area (Å²) in [4.78, 5) is 9.04. The average molecular weight is 263 g/mol. The Labute approximate surface area is 115 Å². The van der Waals surface area contributed by atoms with Crippen LogP contribution in [0, 0.1) is 12.3 Å². The zero-order valence-corrected chi connectivity index (χ0v) is 12.5. The molecule has 0 aliphatic heterocycles. The molecule has 4 nitrogen and oxygen atoms in total. The van der Waals surface area contributed by atoms with Crippen molar-refractivity contribution in [3.8, 4) is 0 Å². The van der Waals surface area contributed by atoms with Gasteiger partial charge in [-0.3, -0.25) is 0 Å². The topological polar surface area (TPSA) is 58.0 Å². The van der Waals surface area contributed by atoms with Gasteiger partial charge in [-0.05, 0) is 38.0 Å². The number of aryl methyl sites for hydroxylation is 2. The van der Waals surface area contributed by atoms with Gasteiger partial charge in [0.2, 0.25) is 0 Å². The first-order valence-electron chi connectivity index (χ1n) is 7.16. The van der Waals surface area contributed by atoms with Gasteiger partial charge in [0.1, 0.15) is 11.6 Å². The number of nitrogens with zero attached hydrogens (tertiary/aromatic N) is 2. The van der Waals surface area contributed by atoms with E-state index in [4.69, 9.17) is 0 Å². The molecule has 0 amide bonds. The van der Waals surface area contributed by atoms with Gasteiger partial charge in [0.05, 0.1) is 6.10 Å². The molecule has 19 heavy (non-hydrogen) atoms. The zero-order valence-electron chi connectivity index (χ0n) is 12.5. The Morgan fingerprint density at radius 1 is 1.21 bits per heavy atom. The van der Waals surface area contributed by atoms with Crippen molar-refractivity contribution >= 4 is 5.82 Å². The van der Waals surface area contributed by atoms with Crippen LogP contribution in [0.3, 0.4) is 0 Å². The Balaban J connectivity index is 2.14. The van der Waals surface area contributed by atoms with E-state index in [-0.39, 0.29) is 11.5 Å². The summed E-state index contributed by atoms with van der Waals surface area (Å²) < 4.78 is 0. The SMILES string of the molecule is Cc1nc2c(c(NCC(O)C(C)(C)C)n1)CCCC2. The number of aliphatic hydroxyl groups excluding tert-OH is 1. The van der Waals surface area contributed by atoms with Crippen LogP contribution in [0.2, 0.25) is 0 Å². The molecule has 1 atom stereocenters. The molecule has 2 N–H and O–H groups in total. The summed E-state index contributed by atoms with van der Waals surface area (Å²) in [5, 5.41) is 13.4. The summed E-state index contributed by atoms with van der Waals surface area (Å²) >= 11 is 0. The van der Waals surface area contributed by atoms with Crippen molar-refractivity contribution in [2.75, 3.05) is 11.9 Å². The van der Waals surface area contributed by atoms with E-state index in [0.717, 1.165) is 24.5 Å². The molecule has 1 unspecified atom stereocenters. The fourth-order valence-electron chi connectivity index (χ4n) is 2.36. The maximum atomic E-state index is 10.1. The van der Waals surface area contributed by atoms with E-state index < -0.39 is 0 Å². The minimum Gasteiger partial charge on any atom is -0.391 e. The van der Waals surface area contributed by atoms with Crippen LogP contribution in [-0.2, 0) is 12.8 Å². The van der Waals surface area contributed by atoms with Crippen molar-refractivity contribution in [2.24, 2.45) is 5.41 Å². The zero-order chi connectivity index (χ0) is 14.0. The Morgan fingerprint density at radius 3 is 2.58 bits per heavy atom. The van der Waals surface area contributed by atoms with E-state index in [9.17, 15) is 5.11 Å². The minimum absolute atomic E-state index is 0.116. The maximum absolute atomic E-state index is 10.1. The standard InChI is InChI=1S/C15H25N3O/c1-10-17-12-8-6-5-7-11(12)14(18-10)16-9-13(19)15(2,3)4/h13,19H,5-9H2,1-4H3,(H,16,17,18). The third kappa shape index (κ3) is 3.44. The lowest BCUT2D eigenvalue weighted by atomic mass is 9.89. The highest BCUT2D eigenvalue weighted by molar-refractivity contribution is 5.48. The molecule has 1 aromatic heterocycles. The van der Waals surface area contributed by atoms with E-state index in [0.29, 0.717) is 6.54 Å². The van der Waals surface area contributed by atoms with Crippen molar-refractivity contribution in [1.29, 1.82) is 0 Å². The number of fused-ring (bicyclic) bond motifs is 1. The van der Waals surface area contributed by atoms with Gasteiger partial charge < -0.3 is 10.4 Å². The molecule has 1 aliphatic rings. The summed E-state index contributed by atoms with van der Waals surface area (Å²) in [5.41, 5.74) is 2.32. The monoisotopic (exact) mass is 263 g/mol. The lowest BCUT2D eigenvalue weighted by molar-refractivity contribution is 0.0745. The highest BCUT2D eigenvalue weighted by Gasteiger charge is 2.23. The van der Waals surface area contributed by atoms with Crippen molar-refractivity contribution in [1.82, 2.24) is 9.97 Å². The largest absolute Gasteiger partial charge is 0.391 e. The highest BCUT2D eigenvalue weighted by Crippen LogP contribution is 2.26. The molecule has 0 saturated carbocycles. The van der Waals surface area contributed by atoms with Crippen LogP contribution in [0.15, 0.2) is 0 Å². The second-order valence-corrected chi connectivity index (χ2v) is 6.51. The Morgan fingerprint density at radius 2 is 1.89 bits per heavy atom. The van der Waals surface area contributed by atoms with Crippen molar-refractivity contribution in [3.63, 3.8) is 0 Å². The molecule has 106 valence electrons. The first-order chi connectivity index (χ1) is 8.88. The lowest BCUT2D eigenvalue weighted by Crippen LogP contribution is -2.33. The Hall–Kier alpha value is -1.16. The van der Waals surface area contributed by atoms with Crippen LogP contribution in [-0.4, -0.2) is 27.7 Å². The van der Waals surface area contributed by atoms with E-state index >= 15 is 0 Å². The average Bonchev–Trinajstić information content (AvgIpc) is 2.34. The van der Waals surface area contributed by atoms with Crippen LogP contribution >= 0.6 is 0 Å². The van der Waals surface area contributed by atoms with Crippen molar-refractivity contribution < 1.29 is 5.11 Å². The molecule has 1 heterocycles. The molecule has 0 radical (unpaired) electrons. The van der Waals surface area contributed by atoms with Gasteiger partial charge in [-0.1, -0.05) is 20.8 Å².